The minimum absolute atomic E-state index is 0.0284. The summed E-state index contributed by atoms with van der Waals surface area (Å²) in [7, 11) is -3.48. The molecule has 3 aromatic rings. The van der Waals surface area contributed by atoms with Crippen molar-refractivity contribution in [3.05, 3.63) is 90.0 Å². The first-order valence-corrected chi connectivity index (χ1v) is 11.3. The molecule has 0 bridgehead atoms. The Bertz CT molecular complexity index is 1260. The Kier molecular flexibility index (Phi) is 5.28. The maximum Gasteiger partial charge on any atom is 0.419 e. The number of aliphatic imine (C=N–C) groups is 1. The van der Waals surface area contributed by atoms with E-state index in [1.807, 2.05) is 0 Å². The molecule has 0 saturated heterocycles. The Morgan fingerprint density at radius 1 is 0.969 bits per heavy atom. The van der Waals surface area contributed by atoms with Gasteiger partial charge in [-0.15, -0.1) is 0 Å². The number of sulfone groups is 1. The summed E-state index contributed by atoms with van der Waals surface area (Å²) in [5.41, 5.74) is -2.35. The van der Waals surface area contributed by atoms with E-state index in [9.17, 15) is 26.0 Å². The second-order valence-electron chi connectivity index (χ2n) is 7.37. The Morgan fingerprint density at radius 3 is 2.16 bits per heavy atom. The molecule has 1 aliphatic rings. The highest BCUT2D eigenvalue weighted by Gasteiger charge is 2.60. The van der Waals surface area contributed by atoms with Gasteiger partial charge in [-0.1, -0.05) is 18.2 Å². The Hall–Kier alpha value is -3.27. The van der Waals surface area contributed by atoms with Crippen molar-refractivity contribution in [2.75, 3.05) is 17.7 Å². The van der Waals surface area contributed by atoms with Crippen molar-refractivity contribution in [3.63, 3.8) is 0 Å². The lowest BCUT2D eigenvalue weighted by Gasteiger charge is -2.30. The van der Waals surface area contributed by atoms with Crippen LogP contribution in [0.15, 0.2) is 82.8 Å². The van der Waals surface area contributed by atoms with Crippen LogP contribution >= 0.6 is 0 Å². The van der Waals surface area contributed by atoms with Crippen LogP contribution in [0.2, 0.25) is 0 Å². The van der Waals surface area contributed by atoms with E-state index in [1.54, 1.807) is 12.1 Å². The summed E-state index contributed by atoms with van der Waals surface area (Å²) in [6.45, 7) is -0.619. The van der Waals surface area contributed by atoms with Crippen LogP contribution in [-0.4, -0.2) is 38.2 Å². The Balaban J connectivity index is 1.89. The zero-order valence-electron chi connectivity index (χ0n) is 16.7. The smallest absolute Gasteiger partial charge is 0.322 e. The lowest BCUT2D eigenvalue weighted by Crippen LogP contribution is -2.45. The molecule has 0 N–H and O–H groups in total. The number of amidine groups is 1. The highest BCUT2D eigenvalue weighted by molar-refractivity contribution is 7.90. The molecule has 0 fully saturated rings. The third-order valence-corrected chi connectivity index (χ3v) is 6.33. The third-order valence-electron chi connectivity index (χ3n) is 5.20. The maximum absolute atomic E-state index is 14.5. The molecule has 4 rings (SSSR count). The average Bonchev–Trinajstić information content (AvgIpc) is 3.17. The molecule has 1 aromatic heterocycles. The van der Waals surface area contributed by atoms with Crippen molar-refractivity contribution in [1.29, 1.82) is 0 Å². The van der Waals surface area contributed by atoms with Crippen LogP contribution in [0, 0.1) is 5.82 Å². The van der Waals surface area contributed by atoms with Gasteiger partial charge in [0.25, 0.3) is 0 Å². The van der Waals surface area contributed by atoms with E-state index in [1.165, 1.54) is 41.4 Å². The standard InChI is InChI=1S/C22H17F4N3O2S/c1-32(30,31)18-11-9-17(10-12-18)29-14-21(22(24,25)26,15-5-7-16(23)8-6-15)28-20(29)19-4-2-3-13-27-19/h2-13H,14H2,1H3. The first-order valence-electron chi connectivity index (χ1n) is 9.43. The van der Waals surface area contributed by atoms with Crippen LogP contribution in [0.25, 0.3) is 0 Å². The molecule has 0 spiro atoms. The number of alkyl halides is 3. The fourth-order valence-electron chi connectivity index (χ4n) is 3.56. The molecule has 5 nitrogen and oxygen atoms in total. The van der Waals surface area contributed by atoms with Crippen LogP contribution in [-0.2, 0) is 15.4 Å². The van der Waals surface area contributed by atoms with E-state index in [2.05, 4.69) is 9.98 Å². The number of pyridine rings is 1. The largest absolute Gasteiger partial charge is 0.419 e. The lowest BCUT2D eigenvalue weighted by atomic mass is 9.90. The van der Waals surface area contributed by atoms with E-state index in [0.717, 1.165) is 30.5 Å². The van der Waals surface area contributed by atoms with E-state index >= 15 is 0 Å². The molecule has 2 aromatic carbocycles. The number of halogens is 4. The normalized spacial score (nSPS) is 19.2. The van der Waals surface area contributed by atoms with E-state index in [0.29, 0.717) is 5.69 Å². The molecule has 2 heterocycles. The predicted octanol–water partition coefficient (Wildman–Crippen LogP) is 4.35. The van der Waals surface area contributed by atoms with Crippen molar-refractivity contribution in [1.82, 2.24) is 4.98 Å². The Morgan fingerprint density at radius 2 is 1.62 bits per heavy atom. The monoisotopic (exact) mass is 463 g/mol. The molecule has 32 heavy (non-hydrogen) atoms. The number of anilines is 1. The highest BCUT2D eigenvalue weighted by Crippen LogP contribution is 2.47. The molecule has 0 amide bonds. The van der Waals surface area contributed by atoms with Gasteiger partial charge in [0.1, 0.15) is 11.5 Å². The van der Waals surface area contributed by atoms with E-state index in [4.69, 9.17) is 0 Å². The minimum atomic E-state index is -4.80. The van der Waals surface area contributed by atoms with Crippen molar-refractivity contribution in [2.45, 2.75) is 16.6 Å². The molecule has 10 heteroatoms. The SMILES string of the molecule is CS(=O)(=O)c1ccc(N2CC(c3ccc(F)cc3)(C(F)(F)F)N=C2c2ccccn2)cc1. The summed E-state index contributed by atoms with van der Waals surface area (Å²) in [6.07, 6.45) is -2.32. The fourth-order valence-corrected chi connectivity index (χ4v) is 4.19. The summed E-state index contributed by atoms with van der Waals surface area (Å²) >= 11 is 0. The summed E-state index contributed by atoms with van der Waals surface area (Å²) < 4.78 is 80.4. The number of nitrogens with zero attached hydrogens (tertiary/aromatic N) is 3. The Labute approximate surface area is 182 Å². The first-order chi connectivity index (χ1) is 15.0. The number of benzene rings is 2. The second-order valence-corrected chi connectivity index (χ2v) is 9.38. The molecule has 166 valence electrons. The third kappa shape index (κ3) is 3.86. The van der Waals surface area contributed by atoms with Gasteiger partial charge in [-0.2, -0.15) is 13.2 Å². The van der Waals surface area contributed by atoms with Crippen molar-refractivity contribution < 1.29 is 26.0 Å². The second kappa shape index (κ2) is 7.70. The van der Waals surface area contributed by atoms with Crippen LogP contribution in [0.4, 0.5) is 23.2 Å². The highest BCUT2D eigenvalue weighted by atomic mass is 32.2. The summed E-state index contributed by atoms with van der Waals surface area (Å²) in [5.74, 6) is -0.689. The molecule has 1 unspecified atom stereocenters. The molecule has 1 atom stereocenters. The van der Waals surface area contributed by atoms with Gasteiger partial charge in [-0.25, -0.2) is 17.8 Å². The summed E-state index contributed by atoms with van der Waals surface area (Å²) in [5, 5.41) is 0. The number of hydrogen-bond acceptors (Lipinski definition) is 5. The topological polar surface area (TPSA) is 62.6 Å². The van der Waals surface area contributed by atoms with Gasteiger partial charge < -0.3 is 4.90 Å². The van der Waals surface area contributed by atoms with Gasteiger partial charge >= 0.3 is 6.18 Å². The summed E-state index contributed by atoms with van der Waals surface area (Å²) in [6, 6.07) is 14.3. The van der Waals surface area contributed by atoms with E-state index < -0.39 is 33.9 Å². The van der Waals surface area contributed by atoms with Gasteiger partial charge in [-0.3, -0.25) is 4.98 Å². The first kappa shape index (κ1) is 21.9. The van der Waals surface area contributed by atoms with Gasteiger partial charge in [0.15, 0.2) is 15.7 Å². The van der Waals surface area contributed by atoms with Crippen molar-refractivity contribution >= 4 is 21.4 Å². The zero-order valence-corrected chi connectivity index (χ0v) is 17.5. The molecule has 1 aliphatic heterocycles. The summed E-state index contributed by atoms with van der Waals surface area (Å²) in [4.78, 5) is 9.64. The number of rotatable bonds is 4. The van der Waals surface area contributed by atoms with Crippen molar-refractivity contribution in [2.24, 2.45) is 4.99 Å². The lowest BCUT2D eigenvalue weighted by molar-refractivity contribution is -0.183. The molecule has 0 radical (unpaired) electrons. The van der Waals surface area contributed by atoms with Gasteiger partial charge in [0.2, 0.25) is 5.54 Å². The van der Waals surface area contributed by atoms with Crippen LogP contribution < -0.4 is 4.90 Å². The zero-order chi connectivity index (χ0) is 23.1. The van der Waals surface area contributed by atoms with Crippen LogP contribution in [0.5, 0.6) is 0 Å². The predicted molar refractivity (Wildman–Crippen MR) is 112 cm³/mol. The van der Waals surface area contributed by atoms with Crippen LogP contribution in [0.1, 0.15) is 11.3 Å². The molecular weight excluding hydrogens is 446 g/mol. The maximum atomic E-state index is 14.5. The number of aromatic nitrogens is 1. The van der Waals surface area contributed by atoms with Crippen LogP contribution in [0.3, 0.4) is 0 Å². The fraction of sp³-hybridized carbons (Fsp3) is 0.182. The molecule has 0 saturated carbocycles. The van der Waals surface area contributed by atoms with Gasteiger partial charge in [0.05, 0.1) is 11.4 Å². The number of hydrogen-bond donors (Lipinski definition) is 0. The molecule has 0 aliphatic carbocycles. The van der Waals surface area contributed by atoms with E-state index in [-0.39, 0.29) is 22.0 Å². The van der Waals surface area contributed by atoms with Crippen molar-refractivity contribution in [3.8, 4) is 0 Å². The average molecular weight is 463 g/mol. The minimum Gasteiger partial charge on any atom is -0.322 e. The van der Waals surface area contributed by atoms with Gasteiger partial charge in [0, 0.05) is 18.1 Å². The molecular formula is C22H17F4N3O2S. The van der Waals surface area contributed by atoms with Gasteiger partial charge in [-0.05, 0) is 54.1 Å². The quantitative estimate of drug-likeness (QED) is 0.540.